The molecule has 1 aliphatic rings. The fourth-order valence-electron chi connectivity index (χ4n) is 2.45. The molecule has 0 bridgehead atoms. The highest BCUT2D eigenvalue weighted by molar-refractivity contribution is 5.77. The van der Waals surface area contributed by atoms with Crippen LogP contribution >= 0.6 is 0 Å². The van der Waals surface area contributed by atoms with Crippen LogP contribution in [0.4, 0.5) is 0 Å². The van der Waals surface area contributed by atoms with E-state index in [1.807, 2.05) is 11.9 Å². The molecule has 1 rings (SSSR count). The van der Waals surface area contributed by atoms with Crippen LogP contribution in [-0.2, 0) is 9.53 Å². The van der Waals surface area contributed by atoms with E-state index >= 15 is 0 Å². The standard InChI is InChI=1S/C13H26N2O2/c1-4-8-17-10-13(16)15-7-6-12(14-3)11(5-2)9-15/h11-12,14H,4-10H2,1-3H3. The molecule has 0 aromatic rings. The van der Waals surface area contributed by atoms with Crippen molar-refractivity contribution in [1.29, 1.82) is 0 Å². The van der Waals surface area contributed by atoms with Crippen molar-refractivity contribution in [1.82, 2.24) is 10.2 Å². The van der Waals surface area contributed by atoms with Gasteiger partial charge in [-0.2, -0.15) is 0 Å². The maximum Gasteiger partial charge on any atom is 0.248 e. The zero-order valence-electron chi connectivity index (χ0n) is 11.4. The van der Waals surface area contributed by atoms with Gasteiger partial charge in [-0.15, -0.1) is 0 Å². The van der Waals surface area contributed by atoms with E-state index in [1.54, 1.807) is 0 Å². The number of likely N-dealkylation sites (tertiary alicyclic amines) is 1. The summed E-state index contributed by atoms with van der Waals surface area (Å²) < 4.78 is 5.31. The number of rotatable bonds is 6. The first-order valence-corrected chi connectivity index (χ1v) is 6.75. The summed E-state index contributed by atoms with van der Waals surface area (Å²) in [7, 11) is 2.01. The van der Waals surface area contributed by atoms with Crippen LogP contribution < -0.4 is 5.32 Å². The van der Waals surface area contributed by atoms with Gasteiger partial charge in [-0.3, -0.25) is 4.79 Å². The Labute approximate surface area is 105 Å². The second-order valence-corrected chi connectivity index (χ2v) is 4.74. The molecule has 0 aromatic heterocycles. The van der Waals surface area contributed by atoms with Crippen LogP contribution in [0.25, 0.3) is 0 Å². The fourth-order valence-corrected chi connectivity index (χ4v) is 2.45. The normalized spacial score (nSPS) is 25.0. The predicted molar refractivity (Wildman–Crippen MR) is 68.9 cm³/mol. The van der Waals surface area contributed by atoms with Crippen LogP contribution in [0.1, 0.15) is 33.1 Å². The Morgan fingerprint density at radius 1 is 1.47 bits per heavy atom. The number of nitrogens with one attached hydrogen (secondary N) is 1. The quantitative estimate of drug-likeness (QED) is 0.713. The number of hydrogen-bond donors (Lipinski definition) is 1. The first-order chi connectivity index (χ1) is 8.22. The van der Waals surface area contributed by atoms with Crippen molar-refractivity contribution in [2.24, 2.45) is 5.92 Å². The lowest BCUT2D eigenvalue weighted by atomic mass is 9.90. The van der Waals surface area contributed by atoms with Gasteiger partial charge >= 0.3 is 0 Å². The van der Waals surface area contributed by atoms with Crippen LogP contribution in [0.2, 0.25) is 0 Å². The molecule has 4 heteroatoms. The molecule has 0 saturated carbocycles. The summed E-state index contributed by atoms with van der Waals surface area (Å²) in [6.45, 7) is 6.89. The number of piperidine rings is 1. The van der Waals surface area contributed by atoms with Gasteiger partial charge in [0, 0.05) is 25.7 Å². The summed E-state index contributed by atoms with van der Waals surface area (Å²) in [6.07, 6.45) is 3.13. The highest BCUT2D eigenvalue weighted by atomic mass is 16.5. The molecule has 2 unspecified atom stereocenters. The largest absolute Gasteiger partial charge is 0.372 e. The van der Waals surface area contributed by atoms with Crippen LogP contribution in [0.3, 0.4) is 0 Å². The molecule has 1 N–H and O–H groups in total. The molecule has 0 aliphatic carbocycles. The molecule has 1 heterocycles. The van der Waals surface area contributed by atoms with Crippen LogP contribution in [0, 0.1) is 5.92 Å². The van der Waals surface area contributed by atoms with Crippen molar-refractivity contribution < 1.29 is 9.53 Å². The molecule has 17 heavy (non-hydrogen) atoms. The molecule has 0 aromatic carbocycles. The molecule has 1 fully saturated rings. The minimum absolute atomic E-state index is 0.145. The summed E-state index contributed by atoms with van der Waals surface area (Å²) >= 11 is 0. The average molecular weight is 242 g/mol. The Morgan fingerprint density at radius 2 is 2.24 bits per heavy atom. The summed E-state index contributed by atoms with van der Waals surface area (Å²) in [5, 5.41) is 3.35. The second-order valence-electron chi connectivity index (χ2n) is 4.74. The Bertz CT molecular complexity index is 233. The van der Waals surface area contributed by atoms with Gasteiger partial charge in [-0.25, -0.2) is 0 Å². The zero-order valence-corrected chi connectivity index (χ0v) is 11.4. The molecule has 100 valence electrons. The SMILES string of the molecule is CCCOCC(=O)N1CCC(NC)C(CC)C1. The van der Waals surface area contributed by atoms with Crippen LogP contribution in [0.5, 0.6) is 0 Å². The smallest absolute Gasteiger partial charge is 0.248 e. The van der Waals surface area contributed by atoms with Crippen molar-refractivity contribution in [3.63, 3.8) is 0 Å². The summed E-state index contributed by atoms with van der Waals surface area (Å²) in [6, 6.07) is 0.556. The minimum atomic E-state index is 0.145. The molecule has 2 atom stereocenters. The predicted octanol–water partition coefficient (Wildman–Crippen LogP) is 1.26. The fraction of sp³-hybridized carbons (Fsp3) is 0.923. The van der Waals surface area contributed by atoms with Gasteiger partial charge in [0.1, 0.15) is 6.61 Å². The molecular weight excluding hydrogens is 216 g/mol. The summed E-state index contributed by atoms with van der Waals surface area (Å²) in [5.41, 5.74) is 0. The van der Waals surface area contributed by atoms with Gasteiger partial charge in [-0.1, -0.05) is 20.3 Å². The molecule has 0 spiro atoms. The van der Waals surface area contributed by atoms with Crippen LogP contribution in [0.15, 0.2) is 0 Å². The monoisotopic (exact) mass is 242 g/mol. The molecular formula is C13H26N2O2. The maximum absolute atomic E-state index is 11.9. The Morgan fingerprint density at radius 3 is 2.82 bits per heavy atom. The average Bonchev–Trinajstić information content (AvgIpc) is 2.38. The van der Waals surface area contributed by atoms with E-state index in [4.69, 9.17) is 4.74 Å². The van der Waals surface area contributed by atoms with Crippen molar-refractivity contribution >= 4 is 5.91 Å². The second kappa shape index (κ2) is 7.67. The third kappa shape index (κ3) is 4.28. The molecule has 1 saturated heterocycles. The molecule has 1 aliphatic heterocycles. The van der Waals surface area contributed by atoms with Gasteiger partial charge in [0.2, 0.25) is 5.91 Å². The lowest BCUT2D eigenvalue weighted by Crippen LogP contribution is -2.50. The number of amides is 1. The highest BCUT2D eigenvalue weighted by Crippen LogP contribution is 2.20. The lowest BCUT2D eigenvalue weighted by Gasteiger charge is -2.38. The van der Waals surface area contributed by atoms with Gasteiger partial charge in [0.05, 0.1) is 0 Å². The number of carbonyl (C=O) groups is 1. The number of hydrogen-bond acceptors (Lipinski definition) is 3. The zero-order chi connectivity index (χ0) is 12.7. The van der Waals surface area contributed by atoms with E-state index in [-0.39, 0.29) is 12.5 Å². The Hall–Kier alpha value is -0.610. The van der Waals surface area contributed by atoms with Crippen LogP contribution in [-0.4, -0.2) is 50.2 Å². The van der Waals surface area contributed by atoms with Gasteiger partial charge in [0.25, 0.3) is 0 Å². The van der Waals surface area contributed by atoms with E-state index in [2.05, 4.69) is 19.2 Å². The Balaban J connectivity index is 2.37. The van der Waals surface area contributed by atoms with E-state index in [0.29, 0.717) is 18.6 Å². The molecule has 1 amide bonds. The molecule has 4 nitrogen and oxygen atoms in total. The highest BCUT2D eigenvalue weighted by Gasteiger charge is 2.29. The Kier molecular flexibility index (Phi) is 6.52. The number of ether oxygens (including phenoxy) is 1. The number of nitrogens with zero attached hydrogens (tertiary/aromatic N) is 1. The van der Waals surface area contributed by atoms with Crippen molar-refractivity contribution in [2.75, 3.05) is 33.4 Å². The molecule has 0 radical (unpaired) electrons. The summed E-state index contributed by atoms with van der Waals surface area (Å²) in [4.78, 5) is 13.9. The van der Waals surface area contributed by atoms with Gasteiger partial charge in [0.15, 0.2) is 0 Å². The third-order valence-electron chi connectivity index (χ3n) is 3.56. The minimum Gasteiger partial charge on any atom is -0.372 e. The van der Waals surface area contributed by atoms with E-state index in [9.17, 15) is 4.79 Å². The first-order valence-electron chi connectivity index (χ1n) is 6.75. The topological polar surface area (TPSA) is 41.6 Å². The van der Waals surface area contributed by atoms with Crippen molar-refractivity contribution in [2.45, 2.75) is 39.2 Å². The van der Waals surface area contributed by atoms with E-state index in [1.165, 1.54) is 0 Å². The third-order valence-corrected chi connectivity index (χ3v) is 3.56. The van der Waals surface area contributed by atoms with Gasteiger partial charge in [-0.05, 0) is 25.8 Å². The number of carbonyl (C=O) groups excluding carboxylic acids is 1. The lowest BCUT2D eigenvalue weighted by molar-refractivity contribution is -0.138. The summed E-state index contributed by atoms with van der Waals surface area (Å²) in [5.74, 6) is 0.718. The maximum atomic E-state index is 11.9. The van der Waals surface area contributed by atoms with E-state index < -0.39 is 0 Å². The first kappa shape index (κ1) is 14.5. The van der Waals surface area contributed by atoms with E-state index in [0.717, 1.165) is 32.4 Å². The van der Waals surface area contributed by atoms with Crippen molar-refractivity contribution in [3.8, 4) is 0 Å². The van der Waals surface area contributed by atoms with Crippen molar-refractivity contribution in [3.05, 3.63) is 0 Å². The van der Waals surface area contributed by atoms with Gasteiger partial charge < -0.3 is 15.0 Å².